The molecule has 0 saturated carbocycles. The second kappa shape index (κ2) is 9.70. The van der Waals surface area contributed by atoms with Gasteiger partial charge in [0.15, 0.2) is 0 Å². The fourth-order valence-electron chi connectivity index (χ4n) is 3.54. The van der Waals surface area contributed by atoms with Gasteiger partial charge in [0, 0.05) is 29.8 Å². The molecule has 33 heavy (non-hydrogen) atoms. The zero-order valence-corrected chi connectivity index (χ0v) is 20.9. The summed E-state index contributed by atoms with van der Waals surface area (Å²) in [6.07, 6.45) is 0.919. The zero-order valence-electron chi connectivity index (χ0n) is 20.1. The molecule has 2 amide bonds. The Kier molecular flexibility index (Phi) is 7.83. The molecule has 8 nitrogen and oxygen atoms in total. The average molecular weight is 478 g/mol. The van der Waals surface area contributed by atoms with Crippen LogP contribution in [0.3, 0.4) is 0 Å². The number of aromatic hydroxyl groups is 1. The summed E-state index contributed by atoms with van der Waals surface area (Å²) in [7, 11) is -4.53. The zero-order chi connectivity index (χ0) is 25.2. The minimum atomic E-state index is -4.53. The SMILES string of the molecule is Cc1c(CNC(=O)NCc2cc(S(=O)(=O)O)cc(C(C)(C)N)c2O)cccc1CC(C)(C)C. The highest BCUT2D eigenvalue weighted by molar-refractivity contribution is 7.85. The van der Waals surface area contributed by atoms with Crippen molar-refractivity contribution >= 4 is 16.1 Å². The van der Waals surface area contributed by atoms with Crippen LogP contribution in [0, 0.1) is 12.3 Å². The van der Waals surface area contributed by atoms with Gasteiger partial charge >= 0.3 is 6.03 Å². The smallest absolute Gasteiger partial charge is 0.315 e. The number of hydrogen-bond acceptors (Lipinski definition) is 5. The van der Waals surface area contributed by atoms with Crippen molar-refractivity contribution in [1.29, 1.82) is 0 Å². The number of amides is 2. The average Bonchev–Trinajstić information content (AvgIpc) is 2.65. The van der Waals surface area contributed by atoms with Gasteiger partial charge < -0.3 is 21.5 Å². The van der Waals surface area contributed by atoms with Crippen molar-refractivity contribution in [2.75, 3.05) is 0 Å². The molecular weight excluding hydrogens is 442 g/mol. The van der Waals surface area contributed by atoms with E-state index in [9.17, 15) is 22.9 Å². The number of urea groups is 1. The molecule has 0 aromatic heterocycles. The van der Waals surface area contributed by atoms with Crippen LogP contribution >= 0.6 is 0 Å². The van der Waals surface area contributed by atoms with Crippen LogP contribution in [-0.2, 0) is 35.2 Å². The molecule has 182 valence electrons. The number of rotatable bonds is 7. The van der Waals surface area contributed by atoms with Crippen LogP contribution in [0.1, 0.15) is 62.4 Å². The van der Waals surface area contributed by atoms with Crippen LogP contribution in [0.25, 0.3) is 0 Å². The van der Waals surface area contributed by atoms with Crippen molar-refractivity contribution in [2.24, 2.45) is 11.1 Å². The largest absolute Gasteiger partial charge is 0.507 e. The van der Waals surface area contributed by atoms with Gasteiger partial charge in [-0.25, -0.2) is 4.79 Å². The first kappa shape index (κ1) is 26.6. The standard InChI is InChI=1S/C24H35N3O5S/c1-15-16(12-23(2,3)4)8-7-9-17(15)13-26-22(29)27-14-18-10-19(33(30,31)32)11-20(21(18)28)24(5,6)25/h7-11,28H,12-14,25H2,1-6H3,(H2,26,27,29)(H,30,31,32). The fourth-order valence-corrected chi connectivity index (χ4v) is 4.10. The molecule has 9 heteroatoms. The van der Waals surface area contributed by atoms with Gasteiger partial charge in [0.2, 0.25) is 0 Å². The molecular formula is C24H35N3O5S. The molecule has 0 bridgehead atoms. The van der Waals surface area contributed by atoms with E-state index < -0.39 is 26.6 Å². The van der Waals surface area contributed by atoms with Crippen molar-refractivity contribution in [3.63, 3.8) is 0 Å². The Morgan fingerprint density at radius 1 is 1.00 bits per heavy atom. The predicted octanol–water partition coefficient (Wildman–Crippen LogP) is 3.73. The van der Waals surface area contributed by atoms with Gasteiger partial charge in [-0.15, -0.1) is 0 Å². The van der Waals surface area contributed by atoms with E-state index in [-0.39, 0.29) is 28.8 Å². The second-order valence-corrected chi connectivity index (χ2v) is 11.6. The molecule has 0 atom stereocenters. The van der Waals surface area contributed by atoms with E-state index in [1.165, 1.54) is 5.56 Å². The van der Waals surface area contributed by atoms with Crippen LogP contribution < -0.4 is 16.4 Å². The third-order valence-electron chi connectivity index (χ3n) is 5.31. The number of carbonyl (C=O) groups is 1. The summed E-state index contributed by atoms with van der Waals surface area (Å²) >= 11 is 0. The topological polar surface area (TPSA) is 142 Å². The van der Waals surface area contributed by atoms with Crippen LogP contribution in [-0.4, -0.2) is 24.1 Å². The lowest BCUT2D eigenvalue weighted by Crippen LogP contribution is -2.35. The van der Waals surface area contributed by atoms with E-state index >= 15 is 0 Å². The maximum atomic E-state index is 12.4. The summed E-state index contributed by atoms with van der Waals surface area (Å²) < 4.78 is 32.8. The van der Waals surface area contributed by atoms with E-state index in [1.807, 2.05) is 19.1 Å². The number of nitrogens with two attached hydrogens (primary N) is 1. The first-order chi connectivity index (χ1) is 15.0. The minimum absolute atomic E-state index is 0.122. The lowest BCUT2D eigenvalue weighted by molar-refractivity contribution is 0.240. The molecule has 0 heterocycles. The monoisotopic (exact) mass is 477 g/mol. The molecule has 6 N–H and O–H groups in total. The molecule has 0 aliphatic rings. The van der Waals surface area contributed by atoms with Gasteiger partial charge in [0.05, 0.1) is 4.90 Å². The lowest BCUT2D eigenvalue weighted by Gasteiger charge is -2.23. The van der Waals surface area contributed by atoms with Gasteiger partial charge in [0.25, 0.3) is 10.1 Å². The number of carbonyl (C=O) groups excluding carboxylic acids is 1. The van der Waals surface area contributed by atoms with Crippen LogP contribution in [0.5, 0.6) is 5.75 Å². The summed E-state index contributed by atoms with van der Waals surface area (Å²) in [5, 5.41) is 16.0. The van der Waals surface area contributed by atoms with Crippen LogP contribution in [0.2, 0.25) is 0 Å². The van der Waals surface area contributed by atoms with E-state index in [0.717, 1.165) is 29.7 Å². The molecule has 2 aromatic rings. The lowest BCUT2D eigenvalue weighted by atomic mass is 9.85. The van der Waals surface area contributed by atoms with Crippen molar-refractivity contribution < 1.29 is 22.9 Å². The van der Waals surface area contributed by atoms with Gasteiger partial charge in [-0.3, -0.25) is 4.55 Å². The Balaban J connectivity index is 2.14. The van der Waals surface area contributed by atoms with E-state index in [2.05, 4.69) is 37.5 Å². The number of phenols is 1. The molecule has 0 aliphatic carbocycles. The van der Waals surface area contributed by atoms with Gasteiger partial charge in [-0.1, -0.05) is 39.0 Å². The fraction of sp³-hybridized carbons (Fsp3) is 0.458. The Hall–Kier alpha value is -2.62. The quantitative estimate of drug-likeness (QED) is 0.385. The molecule has 0 unspecified atom stereocenters. The number of hydrogen-bond donors (Lipinski definition) is 5. The van der Waals surface area contributed by atoms with Crippen molar-refractivity contribution in [1.82, 2.24) is 10.6 Å². The van der Waals surface area contributed by atoms with E-state index in [1.54, 1.807) is 13.8 Å². The molecule has 0 aliphatic heterocycles. The van der Waals surface area contributed by atoms with Gasteiger partial charge in [-0.2, -0.15) is 8.42 Å². The maximum Gasteiger partial charge on any atom is 0.315 e. The summed E-state index contributed by atoms with van der Waals surface area (Å²) in [6.45, 7) is 11.9. The third-order valence-corrected chi connectivity index (χ3v) is 6.14. The number of nitrogens with one attached hydrogen (secondary N) is 2. The first-order valence-electron chi connectivity index (χ1n) is 10.7. The summed E-state index contributed by atoms with van der Waals surface area (Å²) in [5.41, 5.74) is 8.72. The molecule has 0 saturated heterocycles. The predicted molar refractivity (Wildman–Crippen MR) is 129 cm³/mol. The van der Waals surface area contributed by atoms with E-state index in [0.29, 0.717) is 6.54 Å². The Labute approximate surface area is 196 Å². The highest BCUT2D eigenvalue weighted by atomic mass is 32.2. The minimum Gasteiger partial charge on any atom is -0.507 e. The normalized spacial score (nSPS) is 12.5. The second-order valence-electron chi connectivity index (χ2n) is 10.2. The summed E-state index contributed by atoms with van der Waals surface area (Å²) in [5.74, 6) is -0.235. The Morgan fingerprint density at radius 3 is 2.06 bits per heavy atom. The summed E-state index contributed by atoms with van der Waals surface area (Å²) in [6, 6.07) is 7.77. The van der Waals surface area contributed by atoms with Crippen molar-refractivity contribution in [2.45, 2.75) is 71.5 Å². The Morgan fingerprint density at radius 2 is 1.55 bits per heavy atom. The number of phenolic OH excluding ortho intramolecular Hbond substituents is 1. The molecule has 0 spiro atoms. The van der Waals surface area contributed by atoms with Crippen LogP contribution in [0.4, 0.5) is 4.79 Å². The van der Waals surface area contributed by atoms with Crippen molar-refractivity contribution in [3.8, 4) is 5.75 Å². The van der Waals surface area contributed by atoms with Gasteiger partial charge in [0.1, 0.15) is 5.75 Å². The third kappa shape index (κ3) is 7.45. The van der Waals surface area contributed by atoms with Crippen LogP contribution in [0.15, 0.2) is 35.2 Å². The van der Waals surface area contributed by atoms with Crippen molar-refractivity contribution in [3.05, 3.63) is 58.1 Å². The molecule has 0 fully saturated rings. The molecule has 2 rings (SSSR count). The first-order valence-corrected chi connectivity index (χ1v) is 12.1. The van der Waals surface area contributed by atoms with E-state index in [4.69, 9.17) is 5.73 Å². The summed E-state index contributed by atoms with van der Waals surface area (Å²) in [4.78, 5) is 12.0. The maximum absolute atomic E-state index is 12.4. The highest BCUT2D eigenvalue weighted by Gasteiger charge is 2.25. The Bertz CT molecular complexity index is 1130. The molecule has 2 aromatic carbocycles. The highest BCUT2D eigenvalue weighted by Crippen LogP contribution is 2.33. The number of benzene rings is 2. The molecule has 0 radical (unpaired) electrons. The van der Waals surface area contributed by atoms with Gasteiger partial charge in [-0.05, 0) is 61.4 Å².